The standard InChI is InChI=1S/C25H26FN3O3/c1-2-12-27-25(32)28-14-21-24(22(16-30)29(21)23(31)15-28)19-10-8-17(9-11-19)6-7-18-4-3-5-20(26)13-18/h3-5,8-11,13,21-22,24,30H,2,12,14-16H2,1H3,(H,27,32)/t21-,22+,24-/m0/s1. The van der Waals surface area contributed by atoms with Crippen molar-refractivity contribution in [1.29, 1.82) is 0 Å². The number of halogens is 1. The highest BCUT2D eigenvalue weighted by molar-refractivity contribution is 5.87. The molecule has 0 radical (unpaired) electrons. The third kappa shape index (κ3) is 4.32. The third-order valence-electron chi connectivity index (χ3n) is 6.04. The number of nitrogens with one attached hydrogen (secondary N) is 1. The topological polar surface area (TPSA) is 72.9 Å². The number of urea groups is 1. The van der Waals surface area contributed by atoms with E-state index in [1.54, 1.807) is 21.9 Å². The van der Waals surface area contributed by atoms with Crippen molar-refractivity contribution in [3.8, 4) is 11.8 Å². The second-order valence-corrected chi connectivity index (χ2v) is 8.14. The van der Waals surface area contributed by atoms with Gasteiger partial charge in [0, 0.05) is 30.1 Å². The molecule has 6 nitrogen and oxygen atoms in total. The fourth-order valence-electron chi connectivity index (χ4n) is 4.50. The average Bonchev–Trinajstić information content (AvgIpc) is 2.78. The Kier molecular flexibility index (Phi) is 6.42. The van der Waals surface area contributed by atoms with Crippen LogP contribution in [0.25, 0.3) is 0 Å². The van der Waals surface area contributed by atoms with E-state index in [0.717, 1.165) is 17.5 Å². The summed E-state index contributed by atoms with van der Waals surface area (Å²) in [4.78, 5) is 28.3. The maximum Gasteiger partial charge on any atom is 0.317 e. The molecule has 2 heterocycles. The highest BCUT2D eigenvalue weighted by Gasteiger charge is 2.54. The van der Waals surface area contributed by atoms with E-state index >= 15 is 0 Å². The molecule has 3 atom stereocenters. The van der Waals surface area contributed by atoms with Crippen LogP contribution in [0.2, 0.25) is 0 Å². The van der Waals surface area contributed by atoms with E-state index in [0.29, 0.717) is 18.7 Å². The van der Waals surface area contributed by atoms with Gasteiger partial charge in [-0.1, -0.05) is 37.0 Å². The maximum absolute atomic E-state index is 13.3. The summed E-state index contributed by atoms with van der Waals surface area (Å²) in [6, 6.07) is 13.1. The minimum Gasteiger partial charge on any atom is -0.394 e. The van der Waals surface area contributed by atoms with Crippen molar-refractivity contribution < 1.29 is 19.1 Å². The number of benzene rings is 2. The van der Waals surface area contributed by atoms with Crippen LogP contribution in [0.15, 0.2) is 48.5 Å². The lowest BCUT2D eigenvalue weighted by Crippen LogP contribution is -2.73. The van der Waals surface area contributed by atoms with E-state index in [-0.39, 0.29) is 48.9 Å². The SMILES string of the molecule is CCCNC(=O)N1CC(=O)N2[C@H](CO)[C@@H](c3ccc(C#Cc4cccc(F)c4)cc3)[C@@H]2C1. The molecule has 0 spiro atoms. The van der Waals surface area contributed by atoms with Crippen LogP contribution in [0.3, 0.4) is 0 Å². The smallest absolute Gasteiger partial charge is 0.317 e. The summed E-state index contributed by atoms with van der Waals surface area (Å²) in [5.41, 5.74) is 2.38. The van der Waals surface area contributed by atoms with Crippen LogP contribution in [0.5, 0.6) is 0 Å². The zero-order valence-electron chi connectivity index (χ0n) is 17.9. The molecule has 7 heteroatoms. The number of carbonyl (C=O) groups excluding carboxylic acids is 2. The first-order valence-corrected chi connectivity index (χ1v) is 10.8. The van der Waals surface area contributed by atoms with Crippen molar-refractivity contribution >= 4 is 11.9 Å². The first-order chi connectivity index (χ1) is 15.5. The molecule has 2 saturated heterocycles. The summed E-state index contributed by atoms with van der Waals surface area (Å²) in [5, 5.41) is 12.7. The summed E-state index contributed by atoms with van der Waals surface area (Å²) in [7, 11) is 0. The van der Waals surface area contributed by atoms with Crippen LogP contribution < -0.4 is 5.32 Å². The van der Waals surface area contributed by atoms with Gasteiger partial charge >= 0.3 is 6.03 Å². The Morgan fingerprint density at radius 1 is 1.19 bits per heavy atom. The number of rotatable bonds is 4. The van der Waals surface area contributed by atoms with E-state index in [4.69, 9.17) is 0 Å². The van der Waals surface area contributed by atoms with Gasteiger partial charge in [-0.2, -0.15) is 0 Å². The normalized spacial score (nSPS) is 21.8. The van der Waals surface area contributed by atoms with Crippen LogP contribution in [0.1, 0.15) is 36.0 Å². The zero-order chi connectivity index (χ0) is 22.7. The maximum atomic E-state index is 13.3. The van der Waals surface area contributed by atoms with Gasteiger partial charge in [0.15, 0.2) is 0 Å². The number of fused-ring (bicyclic) bond motifs is 1. The van der Waals surface area contributed by atoms with Crippen LogP contribution in [0.4, 0.5) is 9.18 Å². The van der Waals surface area contributed by atoms with Gasteiger partial charge in [-0.05, 0) is 42.3 Å². The second kappa shape index (κ2) is 9.41. The van der Waals surface area contributed by atoms with Gasteiger partial charge < -0.3 is 20.2 Å². The number of piperazine rings is 1. The molecule has 166 valence electrons. The van der Waals surface area contributed by atoms with Crippen LogP contribution in [-0.2, 0) is 4.79 Å². The molecular weight excluding hydrogens is 409 g/mol. The van der Waals surface area contributed by atoms with Gasteiger partial charge in [-0.3, -0.25) is 4.79 Å². The van der Waals surface area contributed by atoms with Crippen LogP contribution >= 0.6 is 0 Å². The number of aliphatic hydroxyl groups excluding tert-OH is 1. The lowest BCUT2D eigenvalue weighted by Gasteiger charge is -2.58. The Morgan fingerprint density at radius 3 is 2.62 bits per heavy atom. The van der Waals surface area contributed by atoms with Crippen LogP contribution in [-0.4, -0.2) is 65.2 Å². The lowest BCUT2D eigenvalue weighted by molar-refractivity contribution is -0.159. The van der Waals surface area contributed by atoms with Crippen molar-refractivity contribution in [3.63, 3.8) is 0 Å². The highest BCUT2D eigenvalue weighted by Crippen LogP contribution is 2.42. The molecule has 0 unspecified atom stereocenters. The summed E-state index contributed by atoms with van der Waals surface area (Å²) in [6.07, 6.45) is 0.826. The number of hydrogen-bond donors (Lipinski definition) is 2. The molecule has 0 saturated carbocycles. The van der Waals surface area contributed by atoms with Gasteiger partial charge in [-0.25, -0.2) is 9.18 Å². The van der Waals surface area contributed by atoms with Crippen molar-refractivity contribution in [2.45, 2.75) is 31.3 Å². The molecule has 4 rings (SSSR count). The van der Waals surface area contributed by atoms with Crippen molar-refractivity contribution in [1.82, 2.24) is 15.1 Å². The first kappa shape index (κ1) is 21.8. The Balaban J connectivity index is 1.50. The minimum atomic E-state index is -0.323. The molecule has 2 aliphatic rings. The van der Waals surface area contributed by atoms with E-state index in [1.165, 1.54) is 12.1 Å². The molecule has 2 aromatic rings. The Bertz CT molecular complexity index is 1060. The first-order valence-electron chi connectivity index (χ1n) is 10.8. The predicted molar refractivity (Wildman–Crippen MR) is 118 cm³/mol. The zero-order valence-corrected chi connectivity index (χ0v) is 17.9. The third-order valence-corrected chi connectivity index (χ3v) is 6.04. The van der Waals surface area contributed by atoms with Crippen molar-refractivity contribution in [3.05, 3.63) is 71.0 Å². The van der Waals surface area contributed by atoms with Crippen molar-refractivity contribution in [2.24, 2.45) is 0 Å². The molecule has 2 aliphatic heterocycles. The molecule has 0 aliphatic carbocycles. The summed E-state index contributed by atoms with van der Waals surface area (Å²) < 4.78 is 13.3. The summed E-state index contributed by atoms with van der Waals surface area (Å²) in [6.45, 7) is 2.88. The number of amides is 3. The van der Waals surface area contributed by atoms with Gasteiger partial charge in [0.25, 0.3) is 0 Å². The highest BCUT2D eigenvalue weighted by atomic mass is 19.1. The molecule has 0 aromatic heterocycles. The van der Waals surface area contributed by atoms with Gasteiger partial charge in [-0.15, -0.1) is 0 Å². The summed E-state index contributed by atoms with van der Waals surface area (Å²) in [5.74, 6) is 5.46. The van der Waals surface area contributed by atoms with Gasteiger partial charge in [0.1, 0.15) is 12.4 Å². The molecule has 2 N–H and O–H groups in total. The second-order valence-electron chi connectivity index (χ2n) is 8.14. The predicted octanol–water partition coefficient (Wildman–Crippen LogP) is 2.32. The van der Waals surface area contributed by atoms with Crippen molar-refractivity contribution in [2.75, 3.05) is 26.2 Å². The van der Waals surface area contributed by atoms with E-state index in [9.17, 15) is 19.1 Å². The number of nitrogens with zero attached hydrogens (tertiary/aromatic N) is 2. The van der Waals surface area contributed by atoms with Crippen LogP contribution in [0, 0.1) is 17.7 Å². The monoisotopic (exact) mass is 435 g/mol. The number of hydrogen-bond acceptors (Lipinski definition) is 3. The summed E-state index contributed by atoms with van der Waals surface area (Å²) >= 11 is 0. The lowest BCUT2D eigenvalue weighted by atomic mass is 9.73. The molecule has 2 aromatic carbocycles. The molecular formula is C25H26FN3O3. The fraction of sp³-hybridized carbons (Fsp3) is 0.360. The largest absolute Gasteiger partial charge is 0.394 e. The number of aliphatic hydroxyl groups is 1. The van der Waals surface area contributed by atoms with E-state index in [1.807, 2.05) is 31.2 Å². The fourth-order valence-corrected chi connectivity index (χ4v) is 4.50. The number of carbonyl (C=O) groups is 2. The van der Waals surface area contributed by atoms with E-state index < -0.39 is 0 Å². The molecule has 32 heavy (non-hydrogen) atoms. The van der Waals surface area contributed by atoms with E-state index in [2.05, 4.69) is 17.2 Å². The Hall–Kier alpha value is -3.37. The quantitative estimate of drug-likeness (QED) is 0.724. The Labute approximate surface area is 187 Å². The Morgan fingerprint density at radius 2 is 1.94 bits per heavy atom. The average molecular weight is 435 g/mol. The minimum absolute atomic E-state index is 0.0316. The molecule has 0 bridgehead atoms. The molecule has 3 amide bonds. The molecule has 2 fully saturated rings. The van der Waals surface area contributed by atoms with Gasteiger partial charge in [0.05, 0.1) is 18.7 Å². The van der Waals surface area contributed by atoms with Gasteiger partial charge in [0.2, 0.25) is 5.91 Å².